The number of urea groups is 1. The first-order chi connectivity index (χ1) is 18.6. The Labute approximate surface area is 237 Å². The summed E-state index contributed by atoms with van der Waals surface area (Å²) in [6.07, 6.45) is -0.643. The van der Waals surface area contributed by atoms with E-state index >= 15 is 0 Å². The van der Waals surface area contributed by atoms with Crippen LogP contribution in [-0.4, -0.2) is 40.6 Å². The Balaban J connectivity index is 1.42. The molecular formula is C26H24Cl2N4O6S. The van der Waals surface area contributed by atoms with E-state index in [2.05, 4.69) is 16.0 Å². The number of aromatic hydroxyl groups is 1. The number of nitrogens with one attached hydrogen (secondary N) is 3. The fraction of sp³-hybridized carbons (Fsp3) is 0.231. The Morgan fingerprint density at radius 1 is 1.13 bits per heavy atom. The fourth-order valence-electron chi connectivity index (χ4n) is 4.19. The number of carbonyl (C=O) groups excluding carboxylic acids is 3. The van der Waals surface area contributed by atoms with Crippen molar-refractivity contribution in [3.63, 3.8) is 0 Å². The summed E-state index contributed by atoms with van der Waals surface area (Å²) in [7, 11) is 0. The number of hydrogen-bond donors (Lipinski definition) is 5. The van der Waals surface area contributed by atoms with Crippen molar-refractivity contribution in [3.05, 3.63) is 74.4 Å². The minimum absolute atomic E-state index is 0.0424. The molecule has 0 saturated carbocycles. The van der Waals surface area contributed by atoms with Crippen molar-refractivity contribution in [2.24, 2.45) is 5.92 Å². The standard InChI is InChI=1S/C26H24Cl2N4O6S/c27-15-8-19(24(36)20(28)9-15)21(11-23(34)35)31-25(37)14-7-22(33)32(13-14)17-4-1-3-16(10-17)30-26(38)29-12-18-5-2-6-39-18/h1-6,8-10,14,21,36H,7,11-13H2,(H,31,37)(H,34,35)(H2,29,30,38). The molecule has 1 aliphatic rings. The summed E-state index contributed by atoms with van der Waals surface area (Å²) >= 11 is 13.5. The van der Waals surface area contributed by atoms with Gasteiger partial charge in [0.2, 0.25) is 11.8 Å². The number of amides is 4. The number of phenols is 1. The second-order valence-electron chi connectivity index (χ2n) is 8.83. The Hall–Kier alpha value is -3.80. The van der Waals surface area contributed by atoms with E-state index in [-0.39, 0.29) is 40.2 Å². The number of carboxylic acid groups (broad SMARTS) is 1. The maximum Gasteiger partial charge on any atom is 0.319 e. The molecule has 4 rings (SSSR count). The molecule has 3 aromatic rings. The van der Waals surface area contributed by atoms with Crippen LogP contribution in [-0.2, 0) is 20.9 Å². The van der Waals surface area contributed by atoms with Gasteiger partial charge in [0.25, 0.3) is 0 Å². The van der Waals surface area contributed by atoms with Gasteiger partial charge < -0.3 is 31.1 Å². The lowest BCUT2D eigenvalue weighted by atomic mass is 10.0. The molecule has 10 nitrogen and oxygen atoms in total. The smallest absolute Gasteiger partial charge is 0.319 e. The van der Waals surface area contributed by atoms with E-state index in [0.717, 1.165) is 4.88 Å². The molecule has 204 valence electrons. The van der Waals surface area contributed by atoms with Crippen LogP contribution in [0, 0.1) is 5.92 Å². The van der Waals surface area contributed by atoms with Crippen LogP contribution in [0.4, 0.5) is 16.2 Å². The lowest BCUT2D eigenvalue weighted by Gasteiger charge is -2.22. The number of benzene rings is 2. The van der Waals surface area contributed by atoms with E-state index in [0.29, 0.717) is 17.9 Å². The molecule has 1 aromatic heterocycles. The molecule has 0 radical (unpaired) electrons. The SMILES string of the molecule is O=C(O)CC(NC(=O)C1CC(=O)N(c2cccc(NC(=O)NCc3cccs3)c2)C1)c1cc(Cl)cc(Cl)c1O. The Kier molecular flexibility index (Phi) is 8.95. The molecule has 1 saturated heterocycles. The fourth-order valence-corrected chi connectivity index (χ4v) is 5.35. The molecule has 2 unspecified atom stereocenters. The summed E-state index contributed by atoms with van der Waals surface area (Å²) in [5, 5.41) is 29.8. The number of carboxylic acids is 1. The van der Waals surface area contributed by atoms with Gasteiger partial charge in [0.05, 0.1) is 29.9 Å². The quantitative estimate of drug-likeness (QED) is 0.242. The number of hydrogen-bond acceptors (Lipinski definition) is 6. The maximum absolute atomic E-state index is 13.1. The van der Waals surface area contributed by atoms with E-state index in [1.54, 1.807) is 24.3 Å². The van der Waals surface area contributed by atoms with Crippen molar-refractivity contribution in [2.75, 3.05) is 16.8 Å². The molecule has 0 bridgehead atoms. The lowest BCUT2D eigenvalue weighted by Crippen LogP contribution is -2.36. The summed E-state index contributed by atoms with van der Waals surface area (Å²) < 4.78 is 0. The highest BCUT2D eigenvalue weighted by molar-refractivity contribution is 7.09. The third kappa shape index (κ3) is 7.20. The summed E-state index contributed by atoms with van der Waals surface area (Å²) in [5.74, 6) is -3.26. The average molecular weight is 591 g/mol. The number of rotatable bonds is 9. The summed E-state index contributed by atoms with van der Waals surface area (Å²) in [5.41, 5.74) is 1.01. The van der Waals surface area contributed by atoms with Gasteiger partial charge in [0, 0.05) is 39.8 Å². The summed E-state index contributed by atoms with van der Waals surface area (Å²) in [4.78, 5) is 52.1. The van der Waals surface area contributed by atoms with Gasteiger partial charge in [-0.3, -0.25) is 14.4 Å². The van der Waals surface area contributed by atoms with Gasteiger partial charge in [-0.2, -0.15) is 0 Å². The van der Waals surface area contributed by atoms with Gasteiger partial charge >= 0.3 is 12.0 Å². The van der Waals surface area contributed by atoms with E-state index in [9.17, 15) is 29.4 Å². The highest BCUT2D eigenvalue weighted by atomic mass is 35.5. The topological polar surface area (TPSA) is 148 Å². The van der Waals surface area contributed by atoms with Crippen LogP contribution in [0.3, 0.4) is 0 Å². The number of nitrogens with zero attached hydrogens (tertiary/aromatic N) is 1. The van der Waals surface area contributed by atoms with E-state index in [1.807, 2.05) is 17.5 Å². The van der Waals surface area contributed by atoms with Crippen molar-refractivity contribution >= 4 is 69.7 Å². The second kappa shape index (κ2) is 12.4. The van der Waals surface area contributed by atoms with E-state index < -0.39 is 36.3 Å². The van der Waals surface area contributed by atoms with Crippen LogP contribution in [0.5, 0.6) is 5.75 Å². The number of carbonyl (C=O) groups is 4. The molecule has 0 aliphatic carbocycles. The van der Waals surface area contributed by atoms with Crippen LogP contribution >= 0.6 is 34.5 Å². The molecular weight excluding hydrogens is 567 g/mol. The van der Waals surface area contributed by atoms with Gasteiger partial charge in [-0.25, -0.2) is 4.79 Å². The zero-order valence-corrected chi connectivity index (χ0v) is 22.6. The predicted octanol–water partition coefficient (Wildman–Crippen LogP) is 4.77. The zero-order chi connectivity index (χ0) is 28.1. The first kappa shape index (κ1) is 28.2. The number of aliphatic carboxylic acids is 1. The molecule has 4 amide bonds. The van der Waals surface area contributed by atoms with Crippen LogP contribution in [0.15, 0.2) is 53.9 Å². The van der Waals surface area contributed by atoms with Gasteiger partial charge in [-0.15, -0.1) is 11.3 Å². The minimum Gasteiger partial charge on any atom is -0.506 e. The van der Waals surface area contributed by atoms with Crippen LogP contribution in [0.2, 0.25) is 10.0 Å². The molecule has 2 aromatic carbocycles. The third-order valence-electron chi connectivity index (χ3n) is 6.04. The van der Waals surface area contributed by atoms with Gasteiger partial charge in [-0.1, -0.05) is 35.3 Å². The summed E-state index contributed by atoms with van der Waals surface area (Å²) in [6.45, 7) is 0.424. The first-order valence-electron chi connectivity index (χ1n) is 11.8. The van der Waals surface area contributed by atoms with Crippen molar-refractivity contribution < 1.29 is 29.4 Å². The highest BCUT2D eigenvalue weighted by Crippen LogP contribution is 2.36. The van der Waals surface area contributed by atoms with E-state index in [1.165, 1.54) is 28.4 Å². The average Bonchev–Trinajstić information content (AvgIpc) is 3.54. The van der Waals surface area contributed by atoms with Crippen molar-refractivity contribution in [2.45, 2.75) is 25.4 Å². The van der Waals surface area contributed by atoms with Gasteiger partial charge in [-0.05, 0) is 41.8 Å². The normalized spacial score (nSPS) is 15.6. The van der Waals surface area contributed by atoms with Crippen molar-refractivity contribution in [1.82, 2.24) is 10.6 Å². The molecule has 1 fully saturated rings. The van der Waals surface area contributed by atoms with Crippen LogP contribution < -0.4 is 20.9 Å². The second-order valence-corrected chi connectivity index (χ2v) is 10.7. The molecule has 0 spiro atoms. The Morgan fingerprint density at radius 3 is 2.64 bits per heavy atom. The number of anilines is 2. The van der Waals surface area contributed by atoms with Gasteiger partial charge in [0.15, 0.2) is 0 Å². The molecule has 2 heterocycles. The number of halogens is 2. The minimum atomic E-state index is -1.22. The van der Waals surface area contributed by atoms with Crippen molar-refractivity contribution in [1.29, 1.82) is 0 Å². The lowest BCUT2D eigenvalue weighted by molar-refractivity contribution is -0.138. The van der Waals surface area contributed by atoms with Crippen LogP contribution in [0.1, 0.15) is 29.3 Å². The Morgan fingerprint density at radius 2 is 1.92 bits per heavy atom. The number of thiophene rings is 1. The molecule has 13 heteroatoms. The third-order valence-corrected chi connectivity index (χ3v) is 7.43. The van der Waals surface area contributed by atoms with E-state index in [4.69, 9.17) is 23.2 Å². The number of phenolic OH excluding ortho intramolecular Hbond substituents is 1. The maximum atomic E-state index is 13.1. The molecule has 1 aliphatic heterocycles. The molecule has 5 N–H and O–H groups in total. The zero-order valence-electron chi connectivity index (χ0n) is 20.3. The van der Waals surface area contributed by atoms with Gasteiger partial charge in [0.1, 0.15) is 5.75 Å². The van der Waals surface area contributed by atoms with Crippen LogP contribution in [0.25, 0.3) is 0 Å². The summed E-state index contributed by atoms with van der Waals surface area (Å²) in [6, 6.07) is 11.6. The monoisotopic (exact) mass is 590 g/mol. The largest absolute Gasteiger partial charge is 0.506 e. The Bertz CT molecular complexity index is 1400. The predicted molar refractivity (Wildman–Crippen MR) is 148 cm³/mol. The molecule has 39 heavy (non-hydrogen) atoms. The first-order valence-corrected chi connectivity index (χ1v) is 13.4. The molecule has 2 atom stereocenters. The highest BCUT2D eigenvalue weighted by Gasteiger charge is 2.36. The van der Waals surface area contributed by atoms with Crippen molar-refractivity contribution in [3.8, 4) is 5.75 Å².